The first-order valence-electron chi connectivity index (χ1n) is 12.4. The van der Waals surface area contributed by atoms with Gasteiger partial charge >= 0.3 is 0 Å². The molecule has 2 aliphatic carbocycles. The summed E-state index contributed by atoms with van der Waals surface area (Å²) in [7, 11) is 0. The molecule has 4 nitrogen and oxygen atoms in total. The van der Waals surface area contributed by atoms with E-state index in [0.29, 0.717) is 18.1 Å². The van der Waals surface area contributed by atoms with Crippen LogP contribution in [0.15, 0.2) is 52.8 Å². The third-order valence-corrected chi connectivity index (χ3v) is 7.10. The minimum Gasteiger partial charge on any atom is -0.378 e. The van der Waals surface area contributed by atoms with Crippen LogP contribution in [0.5, 0.6) is 0 Å². The first-order valence-corrected chi connectivity index (χ1v) is 12.4. The van der Waals surface area contributed by atoms with E-state index in [0.717, 1.165) is 70.6 Å². The van der Waals surface area contributed by atoms with E-state index in [4.69, 9.17) is 4.74 Å². The molecular weight excluding hydrogens is 396 g/mol. The summed E-state index contributed by atoms with van der Waals surface area (Å²) in [5.74, 6) is 0.952. The van der Waals surface area contributed by atoms with Gasteiger partial charge in [0.25, 0.3) is 0 Å². The van der Waals surface area contributed by atoms with Crippen molar-refractivity contribution in [3.63, 3.8) is 0 Å². The van der Waals surface area contributed by atoms with Gasteiger partial charge in [-0.25, -0.2) is 0 Å². The SMILES string of the molecule is CCN(CC)c1ccc(C=C2CCC(C=C3CC(C)CCC3=O)=C2N2CCOCC2)cc1. The molecule has 2 fully saturated rings. The van der Waals surface area contributed by atoms with Gasteiger partial charge in [-0.05, 0) is 85.9 Å². The van der Waals surface area contributed by atoms with E-state index in [2.05, 4.69) is 67.0 Å². The molecule has 172 valence electrons. The fourth-order valence-electron chi connectivity index (χ4n) is 5.24. The maximum atomic E-state index is 12.6. The van der Waals surface area contributed by atoms with Gasteiger partial charge < -0.3 is 14.5 Å². The molecule has 1 atom stereocenters. The van der Waals surface area contributed by atoms with Crippen molar-refractivity contribution in [3.05, 3.63) is 58.3 Å². The monoisotopic (exact) mass is 434 g/mol. The van der Waals surface area contributed by atoms with E-state index < -0.39 is 0 Å². The van der Waals surface area contributed by atoms with Crippen molar-refractivity contribution in [3.8, 4) is 0 Å². The minimum atomic E-state index is 0.348. The van der Waals surface area contributed by atoms with Crippen LogP contribution in [0.25, 0.3) is 6.08 Å². The van der Waals surface area contributed by atoms with Gasteiger partial charge in [-0.15, -0.1) is 0 Å². The Kier molecular flexibility index (Phi) is 7.51. The van der Waals surface area contributed by atoms with Crippen LogP contribution in [0.1, 0.15) is 58.4 Å². The van der Waals surface area contributed by atoms with Gasteiger partial charge in [-0.1, -0.05) is 25.1 Å². The van der Waals surface area contributed by atoms with Gasteiger partial charge in [0.15, 0.2) is 5.78 Å². The maximum absolute atomic E-state index is 12.6. The molecule has 0 spiro atoms. The van der Waals surface area contributed by atoms with Crippen molar-refractivity contribution in [2.45, 2.75) is 52.9 Å². The molecule has 1 aromatic carbocycles. The van der Waals surface area contributed by atoms with Gasteiger partial charge in [0, 0.05) is 44.0 Å². The molecule has 0 radical (unpaired) electrons. The van der Waals surface area contributed by atoms with Crippen molar-refractivity contribution >= 4 is 17.5 Å². The number of carbonyl (C=O) groups excluding carboxylic acids is 1. The highest BCUT2D eigenvalue weighted by Crippen LogP contribution is 2.38. The Morgan fingerprint density at radius 3 is 2.41 bits per heavy atom. The molecule has 1 unspecified atom stereocenters. The van der Waals surface area contributed by atoms with Crippen LogP contribution < -0.4 is 4.90 Å². The van der Waals surface area contributed by atoms with Crippen LogP contribution in [0.3, 0.4) is 0 Å². The number of anilines is 1. The van der Waals surface area contributed by atoms with Crippen LogP contribution in [0, 0.1) is 5.92 Å². The number of ketones is 1. The van der Waals surface area contributed by atoms with Crippen molar-refractivity contribution < 1.29 is 9.53 Å². The second-order valence-electron chi connectivity index (χ2n) is 9.35. The van der Waals surface area contributed by atoms with Crippen LogP contribution in [0.4, 0.5) is 5.69 Å². The molecule has 4 rings (SSSR count). The molecule has 0 bridgehead atoms. The summed E-state index contributed by atoms with van der Waals surface area (Å²) >= 11 is 0. The van der Waals surface area contributed by atoms with Crippen LogP contribution in [-0.4, -0.2) is 50.1 Å². The third-order valence-electron chi connectivity index (χ3n) is 7.10. The molecule has 4 heteroatoms. The lowest BCUT2D eigenvalue weighted by atomic mass is 9.85. The zero-order valence-electron chi connectivity index (χ0n) is 20.0. The zero-order chi connectivity index (χ0) is 22.5. The highest BCUT2D eigenvalue weighted by Gasteiger charge is 2.27. The van der Waals surface area contributed by atoms with Crippen LogP contribution in [-0.2, 0) is 9.53 Å². The van der Waals surface area contributed by atoms with Crippen molar-refractivity contribution in [1.82, 2.24) is 4.90 Å². The summed E-state index contributed by atoms with van der Waals surface area (Å²) in [5.41, 5.74) is 7.65. The lowest BCUT2D eigenvalue weighted by Gasteiger charge is -2.31. The predicted octanol–water partition coefficient (Wildman–Crippen LogP) is 5.61. The van der Waals surface area contributed by atoms with Gasteiger partial charge in [0.1, 0.15) is 0 Å². The molecular formula is C28H38N2O2. The number of allylic oxidation sites excluding steroid dienone is 4. The maximum Gasteiger partial charge on any atom is 0.158 e. The lowest BCUT2D eigenvalue weighted by Crippen LogP contribution is -2.36. The van der Waals surface area contributed by atoms with Crippen molar-refractivity contribution in [1.29, 1.82) is 0 Å². The topological polar surface area (TPSA) is 32.8 Å². The summed E-state index contributed by atoms with van der Waals surface area (Å²) in [4.78, 5) is 17.4. The normalized spacial score (nSPS) is 24.7. The van der Waals surface area contributed by atoms with E-state index in [9.17, 15) is 4.79 Å². The Labute approximate surface area is 193 Å². The molecule has 3 aliphatic rings. The standard InChI is InChI=1S/C28H38N2O2/c1-4-29(5-2)26-11-7-22(8-12-26)19-23-9-10-24(28(23)30-14-16-32-17-15-30)20-25-18-21(3)6-13-27(25)31/h7-8,11-12,19-21H,4-6,9-10,13-18H2,1-3H3. The van der Waals surface area contributed by atoms with E-state index in [1.807, 2.05) is 0 Å². The van der Waals surface area contributed by atoms with Gasteiger partial charge in [0.05, 0.1) is 13.2 Å². The second-order valence-corrected chi connectivity index (χ2v) is 9.35. The van der Waals surface area contributed by atoms with Crippen molar-refractivity contribution in [2.75, 3.05) is 44.3 Å². The minimum absolute atomic E-state index is 0.348. The smallest absolute Gasteiger partial charge is 0.158 e. The van der Waals surface area contributed by atoms with Gasteiger partial charge in [-0.2, -0.15) is 0 Å². The molecule has 1 heterocycles. The highest BCUT2D eigenvalue weighted by molar-refractivity contribution is 5.96. The molecule has 1 aromatic rings. The summed E-state index contributed by atoms with van der Waals surface area (Å²) in [5, 5.41) is 0. The number of nitrogens with zero attached hydrogens (tertiary/aromatic N) is 2. The predicted molar refractivity (Wildman–Crippen MR) is 133 cm³/mol. The number of ether oxygens (including phenoxy) is 1. The number of benzene rings is 1. The molecule has 0 N–H and O–H groups in total. The van der Waals surface area contributed by atoms with Crippen LogP contribution in [0.2, 0.25) is 0 Å². The Hall–Kier alpha value is -2.33. The van der Waals surface area contributed by atoms with Crippen LogP contribution >= 0.6 is 0 Å². The average molecular weight is 435 g/mol. The summed E-state index contributed by atoms with van der Waals surface area (Å²) in [6.07, 6.45) is 9.30. The quantitative estimate of drug-likeness (QED) is 0.545. The molecule has 1 aliphatic heterocycles. The molecule has 32 heavy (non-hydrogen) atoms. The summed E-state index contributed by atoms with van der Waals surface area (Å²) < 4.78 is 5.63. The van der Waals surface area contributed by atoms with E-state index in [-0.39, 0.29) is 0 Å². The fraction of sp³-hybridized carbons (Fsp3) is 0.536. The first-order chi connectivity index (χ1) is 15.6. The summed E-state index contributed by atoms with van der Waals surface area (Å²) in [6, 6.07) is 8.94. The number of hydrogen-bond donors (Lipinski definition) is 0. The number of morpholine rings is 1. The second kappa shape index (κ2) is 10.5. The first kappa shape index (κ1) is 22.8. The lowest BCUT2D eigenvalue weighted by molar-refractivity contribution is -0.116. The number of carbonyl (C=O) groups is 1. The molecule has 1 saturated heterocycles. The van der Waals surface area contributed by atoms with E-state index in [1.165, 1.54) is 28.1 Å². The largest absolute Gasteiger partial charge is 0.378 e. The molecule has 0 aromatic heterocycles. The van der Waals surface area contributed by atoms with Gasteiger partial charge in [-0.3, -0.25) is 4.79 Å². The highest BCUT2D eigenvalue weighted by atomic mass is 16.5. The Morgan fingerprint density at radius 1 is 1.00 bits per heavy atom. The van der Waals surface area contributed by atoms with Crippen molar-refractivity contribution in [2.24, 2.45) is 5.92 Å². The van der Waals surface area contributed by atoms with Gasteiger partial charge in [0.2, 0.25) is 0 Å². The fourth-order valence-corrected chi connectivity index (χ4v) is 5.24. The average Bonchev–Trinajstić information content (AvgIpc) is 3.20. The van der Waals surface area contributed by atoms with E-state index in [1.54, 1.807) is 0 Å². The Morgan fingerprint density at radius 2 is 1.72 bits per heavy atom. The third kappa shape index (κ3) is 5.17. The number of rotatable bonds is 6. The van der Waals surface area contributed by atoms with E-state index >= 15 is 0 Å². The Balaban J connectivity index is 1.66. The summed E-state index contributed by atoms with van der Waals surface area (Å²) in [6.45, 7) is 12.1. The number of Topliss-reactive ketones (excluding diaryl/α,β-unsaturated/α-hetero) is 1. The number of hydrogen-bond acceptors (Lipinski definition) is 4. The molecule has 1 saturated carbocycles. The molecule has 0 amide bonds. The zero-order valence-corrected chi connectivity index (χ0v) is 20.0. The Bertz CT molecular complexity index is 900.